The van der Waals surface area contributed by atoms with Crippen molar-refractivity contribution in [2.75, 3.05) is 31.8 Å². The van der Waals surface area contributed by atoms with Crippen LogP contribution in [-0.4, -0.2) is 64.0 Å². The molecule has 1 fully saturated rings. The van der Waals surface area contributed by atoms with Crippen LogP contribution in [0, 0.1) is 5.82 Å². The second kappa shape index (κ2) is 9.91. The summed E-state index contributed by atoms with van der Waals surface area (Å²) in [6.07, 6.45) is 3.27. The van der Waals surface area contributed by atoms with Gasteiger partial charge in [0.2, 0.25) is 5.88 Å². The summed E-state index contributed by atoms with van der Waals surface area (Å²) in [5, 5.41) is 4.68. The van der Waals surface area contributed by atoms with Crippen LogP contribution in [0.15, 0.2) is 23.4 Å². The molecule has 4 rings (SSSR count). The number of ether oxygens (including phenoxy) is 2. The summed E-state index contributed by atoms with van der Waals surface area (Å²) < 4.78 is 25.8. The van der Waals surface area contributed by atoms with E-state index in [9.17, 15) is 9.18 Å². The van der Waals surface area contributed by atoms with Crippen molar-refractivity contribution in [3.05, 3.63) is 24.0 Å². The lowest BCUT2D eigenvalue weighted by Gasteiger charge is -2.34. The molecule has 1 aliphatic rings. The highest BCUT2D eigenvalue weighted by Gasteiger charge is 2.29. The maximum atomic E-state index is 13.7. The topological polar surface area (TPSA) is 89.5 Å². The molecule has 34 heavy (non-hydrogen) atoms. The Morgan fingerprint density at radius 1 is 1.29 bits per heavy atom. The first kappa shape index (κ1) is 24.5. The fraction of sp³-hybridized carbons (Fsp3) is 0.478. The number of amides is 1. The lowest BCUT2D eigenvalue weighted by atomic mass is 10.1. The Kier molecular flexibility index (Phi) is 7.13. The number of carbonyl (C=O) groups is 1. The van der Waals surface area contributed by atoms with Gasteiger partial charge in [0.25, 0.3) is 0 Å². The van der Waals surface area contributed by atoms with Gasteiger partial charge in [-0.1, -0.05) is 11.8 Å². The zero-order valence-electron chi connectivity index (χ0n) is 19.8. The number of hydrogen-bond donors (Lipinski definition) is 1. The highest BCUT2D eigenvalue weighted by atomic mass is 32.2. The molecule has 0 saturated carbocycles. The highest BCUT2D eigenvalue weighted by Crippen LogP contribution is 2.40. The van der Waals surface area contributed by atoms with Gasteiger partial charge in [-0.25, -0.2) is 19.2 Å². The van der Waals surface area contributed by atoms with Crippen molar-refractivity contribution in [2.24, 2.45) is 0 Å². The number of thiazole rings is 1. The number of nitrogens with zero attached hydrogens (tertiary/aromatic N) is 4. The number of halogens is 1. The molecule has 3 aromatic rings. The Labute approximate surface area is 206 Å². The van der Waals surface area contributed by atoms with E-state index in [1.165, 1.54) is 35.2 Å². The van der Waals surface area contributed by atoms with Gasteiger partial charge in [-0.15, -0.1) is 11.3 Å². The van der Waals surface area contributed by atoms with Crippen molar-refractivity contribution in [3.8, 4) is 16.5 Å². The van der Waals surface area contributed by atoms with Gasteiger partial charge in [-0.05, 0) is 52.0 Å². The van der Waals surface area contributed by atoms with Gasteiger partial charge in [0.15, 0.2) is 5.16 Å². The number of piperidine rings is 1. The number of carbonyl (C=O) groups excluding carboxylic acids is 1. The molecule has 0 bridgehead atoms. The van der Waals surface area contributed by atoms with E-state index in [4.69, 9.17) is 14.5 Å². The van der Waals surface area contributed by atoms with Crippen molar-refractivity contribution in [3.63, 3.8) is 0 Å². The van der Waals surface area contributed by atoms with Crippen molar-refractivity contribution in [1.82, 2.24) is 19.9 Å². The summed E-state index contributed by atoms with van der Waals surface area (Å²) in [5.41, 5.74) is 0.636. The third-order valence-electron chi connectivity index (χ3n) is 5.21. The summed E-state index contributed by atoms with van der Waals surface area (Å²) in [7, 11) is 1.55. The summed E-state index contributed by atoms with van der Waals surface area (Å²) >= 11 is 2.82. The number of benzene rings is 1. The molecule has 0 aliphatic carbocycles. The Bertz CT molecular complexity index is 1200. The zero-order valence-corrected chi connectivity index (χ0v) is 21.5. The number of thioether (sulfide) groups is 1. The first-order chi connectivity index (χ1) is 16.2. The number of likely N-dealkylation sites (tertiary alicyclic amines) is 1. The van der Waals surface area contributed by atoms with Crippen LogP contribution in [0.4, 0.5) is 15.0 Å². The van der Waals surface area contributed by atoms with E-state index in [0.29, 0.717) is 46.0 Å². The standard InChI is InChI=1S/C23H28FN5O3S2/c1-23(2,3)32-22(30)29-10-6-7-14(12-29)25-18-17(19(31-4)28-21(27-18)33-5)20-26-15-11-13(24)8-9-16(15)34-20/h8-9,11,14H,6-7,10,12H2,1-5H3,(H,25,27,28)/t14-/m1/s1. The van der Waals surface area contributed by atoms with Gasteiger partial charge < -0.3 is 19.7 Å². The van der Waals surface area contributed by atoms with Gasteiger partial charge >= 0.3 is 6.09 Å². The molecule has 0 unspecified atom stereocenters. The number of aromatic nitrogens is 3. The number of anilines is 1. The highest BCUT2D eigenvalue weighted by molar-refractivity contribution is 7.98. The lowest BCUT2D eigenvalue weighted by molar-refractivity contribution is 0.0206. The molecule has 182 valence electrons. The van der Waals surface area contributed by atoms with E-state index in [-0.39, 0.29) is 18.0 Å². The van der Waals surface area contributed by atoms with Gasteiger partial charge in [-0.2, -0.15) is 4.98 Å². The molecule has 1 atom stereocenters. The molecular formula is C23H28FN5O3S2. The van der Waals surface area contributed by atoms with Crippen LogP contribution in [-0.2, 0) is 4.74 Å². The Morgan fingerprint density at radius 3 is 2.79 bits per heavy atom. The minimum atomic E-state index is -0.551. The maximum absolute atomic E-state index is 13.7. The average molecular weight is 506 g/mol. The Hall–Kier alpha value is -2.66. The van der Waals surface area contributed by atoms with Gasteiger partial charge in [-0.3, -0.25) is 0 Å². The summed E-state index contributed by atoms with van der Waals surface area (Å²) in [6.45, 7) is 6.71. The van der Waals surface area contributed by atoms with Gasteiger partial charge in [0.1, 0.15) is 27.8 Å². The minimum Gasteiger partial charge on any atom is -0.480 e. The SMILES string of the molecule is COc1nc(SC)nc(N[C@@H]2CCCN(C(=O)OC(C)(C)C)C2)c1-c1nc2cc(F)ccc2s1. The van der Waals surface area contributed by atoms with Crippen molar-refractivity contribution < 1.29 is 18.7 Å². The molecular weight excluding hydrogens is 477 g/mol. The molecule has 2 aromatic heterocycles. The van der Waals surface area contributed by atoms with Gasteiger partial charge in [0.05, 0.1) is 17.3 Å². The predicted molar refractivity (Wildman–Crippen MR) is 133 cm³/mol. The molecule has 8 nitrogen and oxygen atoms in total. The Morgan fingerprint density at radius 2 is 2.09 bits per heavy atom. The monoisotopic (exact) mass is 505 g/mol. The van der Waals surface area contributed by atoms with Crippen LogP contribution in [0.3, 0.4) is 0 Å². The molecule has 1 aliphatic heterocycles. The number of hydrogen-bond acceptors (Lipinski definition) is 9. The van der Waals surface area contributed by atoms with E-state index in [0.717, 1.165) is 17.5 Å². The zero-order chi connectivity index (χ0) is 24.5. The fourth-order valence-electron chi connectivity index (χ4n) is 3.74. The predicted octanol–water partition coefficient (Wildman–Crippen LogP) is 5.43. The number of methoxy groups -OCH3 is 1. The van der Waals surface area contributed by atoms with Crippen LogP contribution >= 0.6 is 23.1 Å². The van der Waals surface area contributed by atoms with Crippen LogP contribution in [0.1, 0.15) is 33.6 Å². The maximum Gasteiger partial charge on any atom is 0.410 e. The van der Waals surface area contributed by atoms with E-state index < -0.39 is 5.60 Å². The fourth-order valence-corrected chi connectivity index (χ4v) is 5.09. The van der Waals surface area contributed by atoms with Crippen molar-refractivity contribution in [2.45, 2.75) is 50.4 Å². The van der Waals surface area contributed by atoms with Gasteiger partial charge in [0, 0.05) is 25.2 Å². The molecule has 1 amide bonds. The normalized spacial score (nSPS) is 16.5. The summed E-state index contributed by atoms with van der Waals surface area (Å²) in [5.74, 6) is 0.626. The first-order valence-electron chi connectivity index (χ1n) is 11.0. The minimum absolute atomic E-state index is 0.0406. The molecule has 0 spiro atoms. The third kappa shape index (κ3) is 5.52. The van der Waals surface area contributed by atoms with Crippen molar-refractivity contribution in [1.29, 1.82) is 0 Å². The van der Waals surface area contributed by atoms with E-state index >= 15 is 0 Å². The number of nitrogens with one attached hydrogen (secondary N) is 1. The van der Waals surface area contributed by atoms with Crippen LogP contribution in [0.5, 0.6) is 5.88 Å². The molecule has 1 N–H and O–H groups in total. The lowest BCUT2D eigenvalue weighted by Crippen LogP contribution is -2.47. The van der Waals surface area contributed by atoms with Crippen molar-refractivity contribution >= 4 is 45.2 Å². The Balaban J connectivity index is 1.67. The van der Waals surface area contributed by atoms with E-state index in [1.807, 2.05) is 27.0 Å². The van der Waals surface area contributed by atoms with E-state index in [2.05, 4.69) is 15.3 Å². The summed E-state index contributed by atoms with van der Waals surface area (Å²) in [6, 6.07) is 4.50. The quantitative estimate of drug-likeness (QED) is 0.362. The first-order valence-corrected chi connectivity index (χ1v) is 13.0. The van der Waals surface area contributed by atoms with Crippen LogP contribution in [0.2, 0.25) is 0 Å². The molecule has 1 aromatic carbocycles. The van der Waals surface area contributed by atoms with Crippen LogP contribution in [0.25, 0.3) is 20.8 Å². The molecule has 11 heteroatoms. The second-order valence-electron chi connectivity index (χ2n) is 8.98. The van der Waals surface area contributed by atoms with Crippen LogP contribution < -0.4 is 10.1 Å². The summed E-state index contributed by atoms with van der Waals surface area (Å²) in [4.78, 5) is 28.2. The molecule has 1 saturated heterocycles. The number of fused-ring (bicyclic) bond motifs is 1. The molecule has 0 radical (unpaired) electrons. The molecule has 3 heterocycles. The average Bonchev–Trinajstić information content (AvgIpc) is 3.20. The van der Waals surface area contributed by atoms with E-state index in [1.54, 1.807) is 18.1 Å². The number of rotatable bonds is 5. The third-order valence-corrected chi connectivity index (χ3v) is 6.81. The smallest absolute Gasteiger partial charge is 0.410 e. The largest absolute Gasteiger partial charge is 0.480 e. The second-order valence-corrected chi connectivity index (χ2v) is 10.8.